The first-order chi connectivity index (χ1) is 14.9. The van der Waals surface area contributed by atoms with Crippen molar-refractivity contribution in [2.75, 3.05) is 26.1 Å². The van der Waals surface area contributed by atoms with Crippen molar-refractivity contribution in [1.29, 1.82) is 0 Å². The number of para-hydroxylation sites is 1. The number of pyridine rings is 1. The smallest absolute Gasteiger partial charge is 0.245 e. The summed E-state index contributed by atoms with van der Waals surface area (Å²) in [7, 11) is -0.881. The number of ether oxygens (including phenoxy) is 2. The van der Waals surface area contributed by atoms with E-state index in [2.05, 4.69) is 10.3 Å². The molecule has 1 amide bonds. The second kappa shape index (κ2) is 8.52. The molecule has 8 nitrogen and oxygen atoms in total. The third kappa shape index (κ3) is 4.06. The molecule has 1 aliphatic heterocycles. The lowest BCUT2D eigenvalue weighted by Crippen LogP contribution is -2.43. The fourth-order valence-corrected chi connectivity index (χ4v) is 5.63. The molecule has 0 spiro atoms. The number of sulfonamides is 1. The molecule has 1 aliphatic rings. The third-order valence-electron chi connectivity index (χ3n) is 5.31. The Hall–Kier alpha value is -3.17. The van der Waals surface area contributed by atoms with E-state index in [9.17, 15) is 13.2 Å². The molecule has 0 radical (unpaired) electrons. The Labute approximate surface area is 180 Å². The van der Waals surface area contributed by atoms with E-state index in [4.69, 9.17) is 9.47 Å². The Kier molecular flexibility index (Phi) is 5.79. The summed E-state index contributed by atoms with van der Waals surface area (Å²) in [5.41, 5.74) is 0.867. The maximum Gasteiger partial charge on any atom is 0.245 e. The molecule has 3 aromatic rings. The molecular formula is C22H23N3O5S. The van der Waals surface area contributed by atoms with Gasteiger partial charge in [0.1, 0.15) is 22.4 Å². The topological polar surface area (TPSA) is 97.8 Å². The summed E-state index contributed by atoms with van der Waals surface area (Å²) in [6.07, 6.45) is 2.59. The molecule has 1 saturated heterocycles. The van der Waals surface area contributed by atoms with Gasteiger partial charge in [0.05, 0.1) is 19.7 Å². The van der Waals surface area contributed by atoms with Crippen molar-refractivity contribution in [3.05, 3.63) is 54.7 Å². The summed E-state index contributed by atoms with van der Waals surface area (Å²) >= 11 is 0. The van der Waals surface area contributed by atoms with Crippen LogP contribution in [-0.2, 0) is 14.8 Å². The first-order valence-electron chi connectivity index (χ1n) is 9.83. The monoisotopic (exact) mass is 441 g/mol. The molecular weight excluding hydrogens is 418 g/mol. The van der Waals surface area contributed by atoms with E-state index in [1.54, 1.807) is 36.5 Å². The van der Waals surface area contributed by atoms with Crippen LogP contribution in [0.2, 0.25) is 0 Å². The molecule has 1 atom stereocenters. The van der Waals surface area contributed by atoms with Crippen molar-refractivity contribution in [1.82, 2.24) is 9.29 Å². The van der Waals surface area contributed by atoms with Crippen molar-refractivity contribution >= 4 is 32.5 Å². The highest BCUT2D eigenvalue weighted by Crippen LogP contribution is 2.31. The highest BCUT2D eigenvalue weighted by atomic mass is 32.2. The number of nitrogens with zero attached hydrogens (tertiary/aromatic N) is 2. The van der Waals surface area contributed by atoms with Gasteiger partial charge in [0.25, 0.3) is 0 Å². The minimum absolute atomic E-state index is 0.105. The van der Waals surface area contributed by atoms with Crippen LogP contribution in [0.1, 0.15) is 12.8 Å². The van der Waals surface area contributed by atoms with E-state index >= 15 is 0 Å². The van der Waals surface area contributed by atoms with Crippen LogP contribution < -0.4 is 14.8 Å². The Morgan fingerprint density at radius 2 is 1.81 bits per heavy atom. The van der Waals surface area contributed by atoms with Gasteiger partial charge in [-0.3, -0.25) is 9.78 Å². The number of fused-ring (bicyclic) bond motifs is 1. The van der Waals surface area contributed by atoms with E-state index in [0.29, 0.717) is 35.5 Å². The van der Waals surface area contributed by atoms with Crippen molar-refractivity contribution in [2.45, 2.75) is 23.8 Å². The van der Waals surface area contributed by atoms with Gasteiger partial charge in [0, 0.05) is 42.0 Å². The van der Waals surface area contributed by atoms with Crippen molar-refractivity contribution in [3.63, 3.8) is 0 Å². The highest BCUT2D eigenvalue weighted by molar-refractivity contribution is 7.89. The van der Waals surface area contributed by atoms with Crippen molar-refractivity contribution in [2.24, 2.45) is 0 Å². The minimum Gasteiger partial charge on any atom is -0.497 e. The van der Waals surface area contributed by atoms with Crippen LogP contribution in [0.5, 0.6) is 11.5 Å². The Morgan fingerprint density at radius 1 is 1.10 bits per heavy atom. The van der Waals surface area contributed by atoms with E-state index in [-0.39, 0.29) is 11.4 Å². The molecule has 9 heteroatoms. The van der Waals surface area contributed by atoms with Gasteiger partial charge < -0.3 is 14.8 Å². The van der Waals surface area contributed by atoms with Gasteiger partial charge in [-0.05, 0) is 25.0 Å². The van der Waals surface area contributed by atoms with Gasteiger partial charge >= 0.3 is 0 Å². The lowest BCUT2D eigenvalue weighted by molar-refractivity contribution is -0.119. The molecule has 31 heavy (non-hydrogen) atoms. The van der Waals surface area contributed by atoms with Crippen LogP contribution in [0.15, 0.2) is 59.6 Å². The number of rotatable bonds is 6. The fourth-order valence-electron chi connectivity index (χ4n) is 3.81. The van der Waals surface area contributed by atoms with E-state index in [1.807, 2.05) is 12.1 Å². The zero-order chi connectivity index (χ0) is 22.0. The van der Waals surface area contributed by atoms with E-state index in [1.165, 1.54) is 24.6 Å². The van der Waals surface area contributed by atoms with E-state index in [0.717, 1.165) is 5.39 Å². The third-order valence-corrected chi connectivity index (χ3v) is 7.25. The number of amides is 1. The number of anilines is 1. The fraction of sp³-hybridized carbons (Fsp3) is 0.273. The Balaban J connectivity index is 1.64. The second-order valence-electron chi connectivity index (χ2n) is 7.20. The number of carbonyl (C=O) groups is 1. The van der Waals surface area contributed by atoms with Gasteiger partial charge in [-0.25, -0.2) is 8.42 Å². The molecule has 2 heterocycles. The first kappa shape index (κ1) is 21.1. The van der Waals surface area contributed by atoms with Crippen LogP contribution in [0.3, 0.4) is 0 Å². The number of benzene rings is 2. The minimum atomic E-state index is -3.92. The van der Waals surface area contributed by atoms with E-state index < -0.39 is 22.0 Å². The summed E-state index contributed by atoms with van der Waals surface area (Å²) in [4.78, 5) is 17.4. The standard InChI is InChI=1S/C22H23N3O5S/c1-29-17-12-16(13-18(14-17)30-2)24-22(26)19-8-5-11-25(19)31(27,28)20-9-3-6-15-7-4-10-23-21(15)20/h3-4,6-7,9-10,12-14,19H,5,8,11H2,1-2H3,(H,24,26)/t19-/m0/s1. The molecule has 162 valence electrons. The van der Waals surface area contributed by atoms with Crippen LogP contribution in [0.4, 0.5) is 5.69 Å². The molecule has 0 saturated carbocycles. The Morgan fingerprint density at radius 3 is 2.52 bits per heavy atom. The lowest BCUT2D eigenvalue weighted by Gasteiger charge is -2.24. The number of hydrogen-bond donors (Lipinski definition) is 1. The summed E-state index contributed by atoms with van der Waals surface area (Å²) in [5.74, 6) is 0.643. The zero-order valence-electron chi connectivity index (χ0n) is 17.2. The summed E-state index contributed by atoms with van der Waals surface area (Å²) in [5, 5.41) is 3.53. The molecule has 2 aromatic carbocycles. The van der Waals surface area contributed by atoms with Crippen LogP contribution in [-0.4, -0.2) is 50.4 Å². The lowest BCUT2D eigenvalue weighted by atomic mass is 10.2. The highest BCUT2D eigenvalue weighted by Gasteiger charge is 2.40. The normalized spacial score (nSPS) is 16.9. The van der Waals surface area contributed by atoms with Crippen LogP contribution in [0, 0.1) is 0 Å². The van der Waals surface area contributed by atoms with Gasteiger partial charge in [0.15, 0.2) is 0 Å². The predicted octanol–water partition coefficient (Wildman–Crippen LogP) is 3.04. The number of carbonyl (C=O) groups excluding carboxylic acids is 1. The summed E-state index contributed by atoms with van der Waals surface area (Å²) < 4.78 is 38.7. The average Bonchev–Trinajstić information content (AvgIpc) is 3.29. The van der Waals surface area contributed by atoms with Gasteiger partial charge in [-0.2, -0.15) is 4.31 Å². The maximum atomic E-state index is 13.5. The molecule has 4 rings (SSSR count). The van der Waals surface area contributed by atoms with Gasteiger partial charge in [-0.1, -0.05) is 18.2 Å². The summed E-state index contributed by atoms with van der Waals surface area (Å²) in [6, 6.07) is 12.8. The summed E-state index contributed by atoms with van der Waals surface area (Å²) in [6.45, 7) is 0.269. The number of methoxy groups -OCH3 is 2. The SMILES string of the molecule is COc1cc(NC(=O)[C@@H]2CCCN2S(=O)(=O)c2cccc3cccnc23)cc(OC)c1. The molecule has 1 N–H and O–H groups in total. The van der Waals surface area contributed by atoms with Gasteiger partial charge in [0.2, 0.25) is 15.9 Å². The number of hydrogen-bond acceptors (Lipinski definition) is 6. The average molecular weight is 442 g/mol. The first-order valence-corrected chi connectivity index (χ1v) is 11.3. The van der Waals surface area contributed by atoms with Crippen LogP contribution in [0.25, 0.3) is 10.9 Å². The van der Waals surface area contributed by atoms with Crippen LogP contribution >= 0.6 is 0 Å². The molecule has 1 aromatic heterocycles. The molecule has 0 bridgehead atoms. The second-order valence-corrected chi connectivity index (χ2v) is 9.05. The van der Waals surface area contributed by atoms with Crippen molar-refractivity contribution < 1.29 is 22.7 Å². The number of nitrogens with one attached hydrogen (secondary N) is 1. The molecule has 1 fully saturated rings. The molecule has 0 unspecified atom stereocenters. The number of aromatic nitrogens is 1. The predicted molar refractivity (Wildman–Crippen MR) is 117 cm³/mol. The zero-order valence-corrected chi connectivity index (χ0v) is 18.1. The quantitative estimate of drug-likeness (QED) is 0.631. The maximum absolute atomic E-state index is 13.5. The largest absolute Gasteiger partial charge is 0.497 e. The molecule has 0 aliphatic carbocycles. The van der Waals surface area contributed by atoms with Gasteiger partial charge in [-0.15, -0.1) is 0 Å². The van der Waals surface area contributed by atoms with Crippen molar-refractivity contribution in [3.8, 4) is 11.5 Å². The Bertz CT molecular complexity index is 1200.